The molecule has 1 aliphatic rings. The first-order valence-electron chi connectivity index (χ1n) is 6.49. The first-order chi connectivity index (χ1) is 9.11. The van der Waals surface area contributed by atoms with E-state index in [0.717, 1.165) is 12.2 Å². The summed E-state index contributed by atoms with van der Waals surface area (Å²) in [6.45, 7) is 2.14. The number of rotatable bonds is 4. The molecule has 0 radical (unpaired) electrons. The maximum Gasteiger partial charge on any atom is 0.252 e. The van der Waals surface area contributed by atoms with Gasteiger partial charge >= 0.3 is 0 Å². The van der Waals surface area contributed by atoms with Gasteiger partial charge in [0, 0.05) is 14.9 Å². The second kappa shape index (κ2) is 6.92. The van der Waals surface area contributed by atoms with Crippen molar-refractivity contribution in [3.63, 3.8) is 0 Å². The van der Waals surface area contributed by atoms with Crippen LogP contribution in [-0.2, 0) is 0 Å². The smallest absolute Gasteiger partial charge is 0.252 e. The number of carbonyl (C=O) groups excluding carboxylic acids is 1. The van der Waals surface area contributed by atoms with E-state index in [1.54, 1.807) is 6.07 Å². The molecule has 0 heterocycles. The summed E-state index contributed by atoms with van der Waals surface area (Å²) >= 11 is 3.92. The Morgan fingerprint density at radius 2 is 2.32 bits per heavy atom. The topological polar surface area (TPSA) is 29.1 Å². The molecular formula is C14H17FINOS. The minimum Gasteiger partial charge on any atom is -0.348 e. The molecule has 104 valence electrons. The van der Waals surface area contributed by atoms with Crippen LogP contribution in [0.25, 0.3) is 0 Å². The molecule has 0 spiro atoms. The van der Waals surface area contributed by atoms with Crippen molar-refractivity contribution >= 4 is 40.3 Å². The maximum absolute atomic E-state index is 13.0. The molecule has 1 aromatic carbocycles. The van der Waals surface area contributed by atoms with Gasteiger partial charge < -0.3 is 5.32 Å². The van der Waals surface area contributed by atoms with Crippen molar-refractivity contribution in [2.75, 3.05) is 5.75 Å². The zero-order valence-corrected chi connectivity index (χ0v) is 13.8. The van der Waals surface area contributed by atoms with E-state index in [4.69, 9.17) is 0 Å². The molecule has 0 bridgehead atoms. The van der Waals surface area contributed by atoms with Crippen LogP contribution in [0.5, 0.6) is 0 Å². The average Bonchev–Trinajstić information content (AvgIpc) is 2.77. The van der Waals surface area contributed by atoms with Gasteiger partial charge in [0.1, 0.15) is 5.82 Å². The quantitative estimate of drug-likeness (QED) is 0.788. The highest BCUT2D eigenvalue weighted by Crippen LogP contribution is 2.30. The van der Waals surface area contributed by atoms with E-state index in [1.807, 2.05) is 34.4 Å². The summed E-state index contributed by atoms with van der Waals surface area (Å²) in [7, 11) is 0. The molecule has 0 saturated heterocycles. The molecule has 1 aromatic rings. The normalized spacial score (nSPS) is 22.5. The Bertz CT molecular complexity index is 469. The Kier molecular flexibility index (Phi) is 5.50. The van der Waals surface area contributed by atoms with Gasteiger partial charge in [-0.05, 0) is 59.4 Å². The Hall–Kier alpha value is -0.300. The maximum atomic E-state index is 13.0. The van der Waals surface area contributed by atoms with Crippen LogP contribution in [0, 0.1) is 9.39 Å². The summed E-state index contributed by atoms with van der Waals surface area (Å²) in [6.07, 6.45) is 3.38. The van der Waals surface area contributed by atoms with Gasteiger partial charge in [-0.1, -0.05) is 13.3 Å². The standard InChI is InChI=1S/C14H17FINOS/c1-2-19-13-5-3-4-12(13)17-14(18)10-7-6-9(15)8-11(10)16/h6-8,12-13H,2-5H2,1H3,(H,17,18). The molecule has 1 aliphatic carbocycles. The summed E-state index contributed by atoms with van der Waals surface area (Å²) in [4.78, 5) is 12.2. The molecule has 2 rings (SSSR count). The minimum absolute atomic E-state index is 0.0852. The molecule has 5 heteroatoms. The van der Waals surface area contributed by atoms with Gasteiger partial charge in [-0.25, -0.2) is 4.39 Å². The van der Waals surface area contributed by atoms with Crippen molar-refractivity contribution in [3.05, 3.63) is 33.1 Å². The van der Waals surface area contributed by atoms with Crippen LogP contribution in [0.2, 0.25) is 0 Å². The zero-order valence-electron chi connectivity index (χ0n) is 10.8. The Labute approximate surface area is 131 Å². The highest BCUT2D eigenvalue weighted by Gasteiger charge is 2.29. The molecule has 2 atom stereocenters. The van der Waals surface area contributed by atoms with Crippen molar-refractivity contribution in [1.29, 1.82) is 0 Å². The minimum atomic E-state index is -0.304. The van der Waals surface area contributed by atoms with Gasteiger partial charge in [-0.2, -0.15) is 11.8 Å². The van der Waals surface area contributed by atoms with E-state index in [0.29, 0.717) is 14.4 Å². The molecule has 0 aliphatic heterocycles. The van der Waals surface area contributed by atoms with Gasteiger partial charge in [0.2, 0.25) is 0 Å². The van der Waals surface area contributed by atoms with Crippen molar-refractivity contribution in [2.24, 2.45) is 0 Å². The predicted molar refractivity (Wildman–Crippen MR) is 86.1 cm³/mol. The second-order valence-corrected chi connectivity index (χ2v) is 7.31. The second-order valence-electron chi connectivity index (χ2n) is 4.63. The molecule has 1 N–H and O–H groups in total. The highest BCUT2D eigenvalue weighted by atomic mass is 127. The van der Waals surface area contributed by atoms with E-state index in [1.165, 1.54) is 25.0 Å². The van der Waals surface area contributed by atoms with Gasteiger partial charge in [0.25, 0.3) is 5.91 Å². The third-order valence-electron chi connectivity index (χ3n) is 3.33. The average molecular weight is 393 g/mol. The van der Waals surface area contributed by atoms with Gasteiger partial charge in [0.15, 0.2) is 0 Å². The van der Waals surface area contributed by atoms with Crippen molar-refractivity contribution in [3.8, 4) is 0 Å². The molecule has 2 nitrogen and oxygen atoms in total. The number of halogens is 2. The summed E-state index contributed by atoms with van der Waals surface area (Å²) in [5.74, 6) is 0.685. The van der Waals surface area contributed by atoms with Gasteiger partial charge in [0.05, 0.1) is 5.56 Å². The number of nitrogens with one attached hydrogen (secondary N) is 1. The molecule has 0 aromatic heterocycles. The predicted octanol–water partition coefficient (Wildman–Crippen LogP) is 3.83. The zero-order chi connectivity index (χ0) is 13.8. The summed E-state index contributed by atoms with van der Waals surface area (Å²) < 4.78 is 13.7. The first-order valence-corrected chi connectivity index (χ1v) is 8.62. The van der Waals surface area contributed by atoms with Crippen LogP contribution in [-0.4, -0.2) is 23.0 Å². The summed E-state index contributed by atoms with van der Waals surface area (Å²) in [5.41, 5.74) is 0.564. The van der Waals surface area contributed by atoms with E-state index in [-0.39, 0.29) is 17.8 Å². The van der Waals surface area contributed by atoms with Crippen LogP contribution >= 0.6 is 34.4 Å². The monoisotopic (exact) mass is 393 g/mol. The number of hydrogen-bond donors (Lipinski definition) is 1. The van der Waals surface area contributed by atoms with E-state index in [9.17, 15) is 9.18 Å². The molecule has 1 saturated carbocycles. The summed E-state index contributed by atoms with van der Waals surface area (Å²) in [5, 5.41) is 3.62. The SMILES string of the molecule is CCSC1CCCC1NC(=O)c1ccc(F)cc1I. The van der Waals surface area contributed by atoms with Crippen molar-refractivity contribution in [1.82, 2.24) is 5.32 Å². The molecule has 1 fully saturated rings. The van der Waals surface area contributed by atoms with Crippen LogP contribution in [0.1, 0.15) is 36.5 Å². The number of thioether (sulfide) groups is 1. The Balaban J connectivity index is 2.04. The Morgan fingerprint density at radius 3 is 3.00 bits per heavy atom. The van der Waals surface area contributed by atoms with Crippen molar-refractivity contribution < 1.29 is 9.18 Å². The lowest BCUT2D eigenvalue weighted by molar-refractivity contribution is 0.0937. The molecular weight excluding hydrogens is 376 g/mol. The number of hydrogen-bond acceptors (Lipinski definition) is 2. The van der Waals surface area contributed by atoms with Crippen LogP contribution < -0.4 is 5.32 Å². The fraction of sp³-hybridized carbons (Fsp3) is 0.500. The first kappa shape index (κ1) is 15.1. The fourth-order valence-corrected chi connectivity index (χ4v) is 4.34. The number of amides is 1. The van der Waals surface area contributed by atoms with Crippen LogP contribution in [0.4, 0.5) is 4.39 Å². The third kappa shape index (κ3) is 3.84. The van der Waals surface area contributed by atoms with Gasteiger partial charge in [-0.3, -0.25) is 4.79 Å². The molecule has 1 amide bonds. The number of carbonyl (C=O) groups is 1. The van der Waals surface area contributed by atoms with E-state index >= 15 is 0 Å². The molecule has 2 unspecified atom stereocenters. The lowest BCUT2D eigenvalue weighted by Crippen LogP contribution is -2.39. The lowest BCUT2D eigenvalue weighted by Gasteiger charge is -2.20. The van der Waals surface area contributed by atoms with E-state index in [2.05, 4.69) is 12.2 Å². The highest BCUT2D eigenvalue weighted by molar-refractivity contribution is 14.1. The fourth-order valence-electron chi connectivity index (χ4n) is 2.42. The van der Waals surface area contributed by atoms with Gasteiger partial charge in [-0.15, -0.1) is 0 Å². The van der Waals surface area contributed by atoms with Crippen LogP contribution in [0.3, 0.4) is 0 Å². The van der Waals surface area contributed by atoms with E-state index < -0.39 is 0 Å². The summed E-state index contributed by atoms with van der Waals surface area (Å²) in [6, 6.07) is 4.54. The largest absolute Gasteiger partial charge is 0.348 e. The molecule has 19 heavy (non-hydrogen) atoms. The Morgan fingerprint density at radius 1 is 1.53 bits per heavy atom. The number of benzene rings is 1. The lowest BCUT2D eigenvalue weighted by atomic mass is 10.2. The van der Waals surface area contributed by atoms with Crippen LogP contribution in [0.15, 0.2) is 18.2 Å². The van der Waals surface area contributed by atoms with Crippen molar-refractivity contribution in [2.45, 2.75) is 37.5 Å². The third-order valence-corrected chi connectivity index (χ3v) is 5.54.